The Bertz CT molecular complexity index is 292. The summed E-state index contributed by atoms with van der Waals surface area (Å²) in [7, 11) is 0. The summed E-state index contributed by atoms with van der Waals surface area (Å²) in [4.78, 5) is 23.0. The van der Waals surface area contributed by atoms with Crippen molar-refractivity contribution in [3.8, 4) is 0 Å². The molecule has 0 saturated heterocycles. The fraction of sp³-hybridized carbons (Fsp3) is 0.857. The SMILES string of the molecule is CC(C)C(=O)OCC(C)C(C)(C)OC(=O)C(C)C. The highest BCUT2D eigenvalue weighted by Crippen LogP contribution is 2.23. The molecule has 0 aliphatic rings. The first kappa shape index (κ1) is 16.9. The topological polar surface area (TPSA) is 52.6 Å². The quantitative estimate of drug-likeness (QED) is 0.687. The Hall–Kier alpha value is -1.06. The van der Waals surface area contributed by atoms with Gasteiger partial charge < -0.3 is 9.47 Å². The standard InChI is InChI=1S/C14H26O4/c1-9(2)12(15)17-8-11(5)14(6,7)18-13(16)10(3)4/h9-11H,8H2,1-7H3. The van der Waals surface area contributed by atoms with E-state index in [1.54, 1.807) is 27.7 Å². The largest absolute Gasteiger partial charge is 0.465 e. The molecule has 4 heteroatoms. The summed E-state index contributed by atoms with van der Waals surface area (Å²) in [6, 6.07) is 0. The van der Waals surface area contributed by atoms with Gasteiger partial charge in [-0.25, -0.2) is 0 Å². The van der Waals surface area contributed by atoms with E-state index in [-0.39, 0.29) is 36.3 Å². The van der Waals surface area contributed by atoms with Gasteiger partial charge in [-0.1, -0.05) is 34.6 Å². The summed E-state index contributed by atoms with van der Waals surface area (Å²) in [5, 5.41) is 0. The van der Waals surface area contributed by atoms with Crippen LogP contribution in [0.25, 0.3) is 0 Å². The van der Waals surface area contributed by atoms with E-state index in [4.69, 9.17) is 9.47 Å². The minimum absolute atomic E-state index is 0.0529. The second-order valence-corrected chi connectivity index (χ2v) is 5.87. The highest BCUT2D eigenvalue weighted by atomic mass is 16.6. The smallest absolute Gasteiger partial charge is 0.308 e. The van der Waals surface area contributed by atoms with Crippen LogP contribution in [-0.4, -0.2) is 24.1 Å². The molecule has 0 bridgehead atoms. The number of hydrogen-bond donors (Lipinski definition) is 0. The average Bonchev–Trinajstić information content (AvgIpc) is 2.24. The van der Waals surface area contributed by atoms with E-state index in [0.717, 1.165) is 0 Å². The van der Waals surface area contributed by atoms with Crippen molar-refractivity contribution in [2.75, 3.05) is 6.61 Å². The zero-order valence-corrected chi connectivity index (χ0v) is 12.6. The Balaban J connectivity index is 4.34. The molecule has 0 aliphatic heterocycles. The van der Waals surface area contributed by atoms with Crippen molar-refractivity contribution >= 4 is 11.9 Å². The van der Waals surface area contributed by atoms with Crippen molar-refractivity contribution in [1.82, 2.24) is 0 Å². The second kappa shape index (κ2) is 6.76. The predicted octanol–water partition coefficient (Wildman–Crippen LogP) is 2.80. The first-order valence-electron chi connectivity index (χ1n) is 6.47. The van der Waals surface area contributed by atoms with Crippen LogP contribution < -0.4 is 0 Å². The lowest BCUT2D eigenvalue weighted by atomic mass is 9.93. The summed E-state index contributed by atoms with van der Waals surface area (Å²) in [6.07, 6.45) is 0. The molecule has 0 N–H and O–H groups in total. The van der Waals surface area contributed by atoms with Gasteiger partial charge in [-0.05, 0) is 13.8 Å². The van der Waals surface area contributed by atoms with Gasteiger partial charge in [0.2, 0.25) is 0 Å². The summed E-state index contributed by atoms with van der Waals surface area (Å²) in [6.45, 7) is 13.0. The molecule has 0 radical (unpaired) electrons. The van der Waals surface area contributed by atoms with E-state index in [9.17, 15) is 9.59 Å². The fourth-order valence-electron chi connectivity index (χ4n) is 1.05. The highest BCUT2D eigenvalue weighted by molar-refractivity contribution is 5.72. The van der Waals surface area contributed by atoms with E-state index in [0.29, 0.717) is 0 Å². The van der Waals surface area contributed by atoms with Crippen LogP contribution in [-0.2, 0) is 19.1 Å². The maximum Gasteiger partial charge on any atom is 0.308 e. The molecule has 1 unspecified atom stereocenters. The summed E-state index contributed by atoms with van der Waals surface area (Å²) in [5.41, 5.74) is -0.640. The molecular formula is C14H26O4. The maximum atomic E-state index is 11.6. The van der Waals surface area contributed by atoms with Crippen molar-refractivity contribution in [2.24, 2.45) is 17.8 Å². The summed E-state index contributed by atoms with van der Waals surface area (Å²) in [5.74, 6) is -0.814. The normalized spacial score (nSPS) is 13.6. The Morgan fingerprint density at radius 1 is 0.944 bits per heavy atom. The number of rotatable bonds is 6. The Kier molecular flexibility index (Phi) is 6.36. The van der Waals surface area contributed by atoms with Gasteiger partial charge in [0.15, 0.2) is 0 Å². The third kappa shape index (κ3) is 5.52. The number of hydrogen-bond acceptors (Lipinski definition) is 4. The number of carbonyl (C=O) groups is 2. The first-order chi connectivity index (χ1) is 8.08. The van der Waals surface area contributed by atoms with Gasteiger partial charge >= 0.3 is 11.9 Å². The van der Waals surface area contributed by atoms with Crippen LogP contribution in [0.4, 0.5) is 0 Å². The molecule has 1 atom stereocenters. The number of ether oxygens (including phenoxy) is 2. The Labute approximate surface area is 110 Å². The third-order valence-corrected chi connectivity index (χ3v) is 2.97. The third-order valence-electron chi connectivity index (χ3n) is 2.97. The number of esters is 2. The zero-order chi connectivity index (χ0) is 14.5. The zero-order valence-electron chi connectivity index (χ0n) is 12.6. The van der Waals surface area contributed by atoms with Crippen molar-refractivity contribution in [1.29, 1.82) is 0 Å². The van der Waals surface area contributed by atoms with Gasteiger partial charge in [-0.2, -0.15) is 0 Å². The highest BCUT2D eigenvalue weighted by Gasteiger charge is 2.32. The molecule has 106 valence electrons. The minimum Gasteiger partial charge on any atom is -0.465 e. The summed E-state index contributed by atoms with van der Waals surface area (Å²) >= 11 is 0. The molecular weight excluding hydrogens is 232 g/mol. The molecule has 0 amide bonds. The molecule has 0 rings (SSSR count). The summed E-state index contributed by atoms with van der Waals surface area (Å²) < 4.78 is 10.6. The first-order valence-corrected chi connectivity index (χ1v) is 6.47. The number of carbonyl (C=O) groups excluding carboxylic acids is 2. The molecule has 4 nitrogen and oxygen atoms in total. The van der Waals surface area contributed by atoms with Gasteiger partial charge in [-0.3, -0.25) is 9.59 Å². The Morgan fingerprint density at radius 3 is 1.78 bits per heavy atom. The lowest BCUT2D eigenvalue weighted by molar-refractivity contribution is -0.169. The molecule has 0 aliphatic carbocycles. The van der Waals surface area contributed by atoms with E-state index in [2.05, 4.69) is 0 Å². The van der Waals surface area contributed by atoms with Gasteiger partial charge in [0.25, 0.3) is 0 Å². The van der Waals surface area contributed by atoms with Crippen LogP contribution in [0.2, 0.25) is 0 Å². The van der Waals surface area contributed by atoms with Gasteiger partial charge in [0, 0.05) is 5.92 Å². The Morgan fingerprint density at radius 2 is 1.39 bits per heavy atom. The molecule has 18 heavy (non-hydrogen) atoms. The van der Waals surface area contributed by atoms with Crippen LogP contribution in [0.3, 0.4) is 0 Å². The predicted molar refractivity (Wildman–Crippen MR) is 70.0 cm³/mol. The molecule has 0 spiro atoms. The fourth-order valence-corrected chi connectivity index (χ4v) is 1.05. The lowest BCUT2D eigenvalue weighted by Gasteiger charge is -2.32. The minimum atomic E-state index is -0.640. The van der Waals surface area contributed by atoms with Crippen LogP contribution in [0, 0.1) is 17.8 Å². The lowest BCUT2D eigenvalue weighted by Crippen LogP contribution is -2.39. The molecule has 0 fully saturated rings. The van der Waals surface area contributed by atoms with E-state index in [1.165, 1.54) is 0 Å². The van der Waals surface area contributed by atoms with Crippen molar-refractivity contribution in [3.05, 3.63) is 0 Å². The second-order valence-electron chi connectivity index (χ2n) is 5.87. The van der Waals surface area contributed by atoms with Gasteiger partial charge in [-0.15, -0.1) is 0 Å². The molecule has 0 aromatic carbocycles. The van der Waals surface area contributed by atoms with Crippen LogP contribution >= 0.6 is 0 Å². The van der Waals surface area contributed by atoms with Crippen molar-refractivity contribution in [2.45, 2.75) is 54.1 Å². The molecule has 0 saturated carbocycles. The molecule has 0 heterocycles. The van der Waals surface area contributed by atoms with Crippen molar-refractivity contribution in [3.63, 3.8) is 0 Å². The van der Waals surface area contributed by atoms with E-state index < -0.39 is 5.60 Å². The van der Waals surface area contributed by atoms with Gasteiger partial charge in [0.1, 0.15) is 5.60 Å². The monoisotopic (exact) mass is 258 g/mol. The molecule has 0 aromatic heterocycles. The van der Waals surface area contributed by atoms with E-state index in [1.807, 2.05) is 20.8 Å². The van der Waals surface area contributed by atoms with Crippen LogP contribution in [0.15, 0.2) is 0 Å². The maximum absolute atomic E-state index is 11.6. The van der Waals surface area contributed by atoms with Crippen molar-refractivity contribution < 1.29 is 19.1 Å². The van der Waals surface area contributed by atoms with Crippen LogP contribution in [0.1, 0.15) is 48.5 Å². The van der Waals surface area contributed by atoms with Crippen LogP contribution in [0.5, 0.6) is 0 Å². The molecule has 0 aromatic rings. The average molecular weight is 258 g/mol. The van der Waals surface area contributed by atoms with E-state index >= 15 is 0 Å². The van der Waals surface area contributed by atoms with Gasteiger partial charge in [0.05, 0.1) is 18.4 Å².